The summed E-state index contributed by atoms with van der Waals surface area (Å²) in [5, 5.41) is 2.18. The number of ether oxygens (including phenoxy) is 2. The van der Waals surface area contributed by atoms with Crippen molar-refractivity contribution >= 4 is 23.3 Å². The molecule has 242 valence electrons. The molecule has 0 spiro atoms. The number of hydrogen-bond acceptors (Lipinski definition) is 6. The van der Waals surface area contributed by atoms with E-state index in [0.717, 1.165) is 61.5 Å². The molecule has 0 atom stereocenters. The average molecular weight is 654 g/mol. The SMILES string of the molecule is COc1cc(F)c(-c2c(NC(=O)c3ccc(OC(F)F)cc3)c(=O)n(-c3nc(N4CCCC4=O)ccc3C(F)(F)F)n2C)c(F)c1. The lowest BCUT2D eigenvalue weighted by Gasteiger charge is -2.20. The summed E-state index contributed by atoms with van der Waals surface area (Å²) in [7, 11) is 2.15. The van der Waals surface area contributed by atoms with Crippen molar-refractivity contribution in [3.05, 3.63) is 81.6 Å². The van der Waals surface area contributed by atoms with Crippen LogP contribution in [0.4, 0.5) is 42.2 Å². The lowest BCUT2D eigenvalue weighted by molar-refractivity contribution is -0.137. The summed E-state index contributed by atoms with van der Waals surface area (Å²) < 4.78 is 109. The van der Waals surface area contributed by atoms with Gasteiger partial charge < -0.3 is 14.8 Å². The Morgan fingerprint density at radius 1 is 1.00 bits per heavy atom. The molecule has 0 bridgehead atoms. The molecule has 5 rings (SSSR count). The zero-order chi connectivity index (χ0) is 33.5. The van der Waals surface area contributed by atoms with Crippen molar-refractivity contribution in [2.24, 2.45) is 7.05 Å². The minimum atomic E-state index is -5.10. The fraction of sp³-hybridized carbons (Fsp3) is 0.241. The van der Waals surface area contributed by atoms with Gasteiger partial charge in [-0.1, -0.05) is 0 Å². The van der Waals surface area contributed by atoms with Crippen LogP contribution in [-0.4, -0.2) is 46.4 Å². The second-order valence-electron chi connectivity index (χ2n) is 9.87. The summed E-state index contributed by atoms with van der Waals surface area (Å²) in [6.45, 7) is -3.01. The fourth-order valence-electron chi connectivity index (χ4n) is 4.97. The molecule has 1 aliphatic rings. The summed E-state index contributed by atoms with van der Waals surface area (Å²) >= 11 is 0. The summed E-state index contributed by atoms with van der Waals surface area (Å²) in [5.41, 5.74) is -5.48. The maximum absolute atomic E-state index is 15.4. The maximum atomic E-state index is 15.4. The van der Waals surface area contributed by atoms with Crippen LogP contribution in [0.3, 0.4) is 0 Å². The molecule has 2 amide bonds. The molecule has 1 saturated heterocycles. The van der Waals surface area contributed by atoms with Gasteiger partial charge in [-0.05, 0) is 42.8 Å². The van der Waals surface area contributed by atoms with Gasteiger partial charge in [-0.15, -0.1) is 0 Å². The molecule has 1 aliphatic heterocycles. The van der Waals surface area contributed by atoms with E-state index < -0.39 is 70.1 Å². The van der Waals surface area contributed by atoms with Crippen LogP contribution in [0.15, 0.2) is 53.3 Å². The van der Waals surface area contributed by atoms with E-state index in [1.54, 1.807) is 0 Å². The molecule has 17 heteroatoms. The molecule has 3 heterocycles. The number of nitrogens with zero attached hydrogens (tertiary/aromatic N) is 4. The smallest absolute Gasteiger partial charge is 0.420 e. The number of methoxy groups -OCH3 is 1. The summed E-state index contributed by atoms with van der Waals surface area (Å²) in [5.74, 6) is -5.92. The third kappa shape index (κ3) is 5.99. The van der Waals surface area contributed by atoms with Crippen LogP contribution in [-0.2, 0) is 18.0 Å². The van der Waals surface area contributed by atoms with Crippen molar-refractivity contribution in [1.82, 2.24) is 14.3 Å². The Hall–Kier alpha value is -5.35. The first-order chi connectivity index (χ1) is 21.7. The van der Waals surface area contributed by atoms with Gasteiger partial charge >= 0.3 is 12.8 Å². The minimum absolute atomic E-state index is 0.119. The molecule has 2 aromatic heterocycles. The first-order valence-electron chi connectivity index (χ1n) is 13.3. The van der Waals surface area contributed by atoms with Crippen LogP contribution in [0.5, 0.6) is 11.5 Å². The van der Waals surface area contributed by atoms with Gasteiger partial charge in [0, 0.05) is 37.7 Å². The number of aromatic nitrogens is 3. The molecule has 0 aliphatic carbocycles. The highest BCUT2D eigenvalue weighted by atomic mass is 19.4. The predicted molar refractivity (Wildman–Crippen MR) is 148 cm³/mol. The summed E-state index contributed by atoms with van der Waals surface area (Å²) in [4.78, 5) is 44.6. The van der Waals surface area contributed by atoms with Crippen LogP contribution in [0.25, 0.3) is 17.1 Å². The maximum Gasteiger partial charge on any atom is 0.420 e. The van der Waals surface area contributed by atoms with Crippen LogP contribution in [0, 0.1) is 11.6 Å². The van der Waals surface area contributed by atoms with E-state index in [0.29, 0.717) is 21.9 Å². The Kier molecular flexibility index (Phi) is 8.51. The van der Waals surface area contributed by atoms with Crippen molar-refractivity contribution < 1.29 is 49.8 Å². The number of pyridine rings is 1. The quantitative estimate of drug-likeness (QED) is 0.251. The number of carbonyl (C=O) groups is 2. The van der Waals surface area contributed by atoms with Gasteiger partial charge in [0.25, 0.3) is 11.5 Å². The number of nitrogens with one attached hydrogen (secondary N) is 1. The van der Waals surface area contributed by atoms with E-state index in [1.807, 2.05) is 0 Å². The summed E-state index contributed by atoms with van der Waals surface area (Å²) in [6, 6.07) is 7.19. The molecular weight excluding hydrogens is 631 g/mol. The largest absolute Gasteiger partial charge is 0.497 e. The van der Waals surface area contributed by atoms with Crippen molar-refractivity contribution in [3.63, 3.8) is 0 Å². The van der Waals surface area contributed by atoms with E-state index in [4.69, 9.17) is 4.74 Å². The van der Waals surface area contributed by atoms with Gasteiger partial charge in [-0.2, -0.15) is 26.6 Å². The first-order valence-corrected chi connectivity index (χ1v) is 13.3. The Morgan fingerprint density at radius 3 is 2.20 bits per heavy atom. The van der Waals surface area contributed by atoms with E-state index in [-0.39, 0.29) is 35.8 Å². The zero-order valence-electron chi connectivity index (χ0n) is 23.8. The lowest BCUT2D eigenvalue weighted by atomic mass is 10.1. The van der Waals surface area contributed by atoms with Gasteiger partial charge in [0.1, 0.15) is 45.9 Å². The van der Waals surface area contributed by atoms with Crippen LogP contribution < -0.4 is 25.2 Å². The standard InChI is InChI=1S/C29H22F7N5O5/c1-39-24(22-18(30)12-16(45-2)13-19(22)31)23(38-26(43)14-5-7-15(8-6-14)46-28(32)33)27(44)41(39)25-17(29(34,35)36)9-10-20(37-25)40-11-3-4-21(40)42/h5-10,12-13,28H,3-4,11H2,1-2H3,(H,38,43). The molecule has 1 N–H and O–H groups in total. The molecular formula is C29H22F7N5O5. The van der Waals surface area contributed by atoms with Gasteiger partial charge in [0.05, 0.1) is 12.7 Å². The predicted octanol–water partition coefficient (Wildman–Crippen LogP) is 5.52. The van der Waals surface area contributed by atoms with Crippen LogP contribution >= 0.6 is 0 Å². The number of anilines is 2. The van der Waals surface area contributed by atoms with E-state index in [2.05, 4.69) is 15.0 Å². The van der Waals surface area contributed by atoms with Crippen LogP contribution in [0.2, 0.25) is 0 Å². The fourth-order valence-corrected chi connectivity index (χ4v) is 4.97. The molecule has 46 heavy (non-hydrogen) atoms. The zero-order valence-corrected chi connectivity index (χ0v) is 23.8. The van der Waals surface area contributed by atoms with Gasteiger partial charge in [0.15, 0.2) is 5.82 Å². The molecule has 0 unspecified atom stereocenters. The number of amides is 2. The second-order valence-corrected chi connectivity index (χ2v) is 9.87. The lowest BCUT2D eigenvalue weighted by Crippen LogP contribution is -2.29. The Morgan fingerprint density at radius 2 is 1.65 bits per heavy atom. The van der Waals surface area contributed by atoms with Crippen molar-refractivity contribution in [2.75, 3.05) is 23.9 Å². The van der Waals surface area contributed by atoms with Crippen molar-refractivity contribution in [3.8, 4) is 28.6 Å². The van der Waals surface area contributed by atoms with Crippen LogP contribution in [0.1, 0.15) is 28.8 Å². The van der Waals surface area contributed by atoms with E-state index in [1.165, 1.54) is 0 Å². The topological polar surface area (TPSA) is 108 Å². The highest BCUT2D eigenvalue weighted by Gasteiger charge is 2.38. The third-order valence-corrected chi connectivity index (χ3v) is 7.05. The third-order valence-electron chi connectivity index (χ3n) is 7.05. The Balaban J connectivity index is 1.74. The Labute approximate surface area is 254 Å². The molecule has 2 aromatic carbocycles. The number of rotatable bonds is 8. The highest BCUT2D eigenvalue weighted by molar-refractivity contribution is 6.06. The van der Waals surface area contributed by atoms with Gasteiger partial charge in [-0.25, -0.2) is 13.8 Å². The van der Waals surface area contributed by atoms with Gasteiger partial charge in [-0.3, -0.25) is 24.0 Å². The second kappa shape index (κ2) is 12.2. The van der Waals surface area contributed by atoms with Crippen molar-refractivity contribution in [1.29, 1.82) is 0 Å². The average Bonchev–Trinajstić information content (AvgIpc) is 3.52. The minimum Gasteiger partial charge on any atom is -0.497 e. The monoisotopic (exact) mass is 653 g/mol. The van der Waals surface area contributed by atoms with Gasteiger partial charge in [0.2, 0.25) is 5.91 Å². The summed E-state index contributed by atoms with van der Waals surface area (Å²) in [6.07, 6.45) is -4.57. The number of alkyl halides is 5. The number of carbonyl (C=O) groups excluding carboxylic acids is 2. The molecule has 10 nitrogen and oxygen atoms in total. The van der Waals surface area contributed by atoms with Crippen molar-refractivity contribution in [2.45, 2.75) is 25.6 Å². The number of halogens is 7. The molecule has 0 saturated carbocycles. The molecule has 1 fully saturated rings. The van der Waals surface area contributed by atoms with E-state index >= 15 is 8.78 Å². The molecule has 4 aromatic rings. The number of benzene rings is 2. The highest BCUT2D eigenvalue weighted by Crippen LogP contribution is 2.38. The first kappa shape index (κ1) is 32.1. The Bertz CT molecular complexity index is 1860. The number of hydrogen-bond donors (Lipinski definition) is 1. The molecule has 0 radical (unpaired) electrons. The van der Waals surface area contributed by atoms with E-state index in [9.17, 15) is 36.3 Å². The normalized spacial score (nSPS) is 13.4.